The summed E-state index contributed by atoms with van der Waals surface area (Å²) in [5.41, 5.74) is 1.42. The summed E-state index contributed by atoms with van der Waals surface area (Å²) in [6.45, 7) is 3.91. The van der Waals surface area contributed by atoms with Gasteiger partial charge in [0.25, 0.3) is 5.56 Å². The number of aromatic amines is 1. The first kappa shape index (κ1) is 16.0. The van der Waals surface area contributed by atoms with Crippen molar-refractivity contribution in [3.05, 3.63) is 45.5 Å². The van der Waals surface area contributed by atoms with Crippen LogP contribution in [0.5, 0.6) is 5.75 Å². The molecular weight excluding hydrogens is 312 g/mol. The number of H-pyrrole nitrogens is 1. The van der Waals surface area contributed by atoms with Crippen LogP contribution in [-0.2, 0) is 11.3 Å². The third-order valence-electron chi connectivity index (χ3n) is 3.91. The molecule has 0 spiro atoms. The fourth-order valence-electron chi connectivity index (χ4n) is 2.88. The third-order valence-corrected chi connectivity index (χ3v) is 4.23. The summed E-state index contributed by atoms with van der Waals surface area (Å²) >= 11 is 5.38. The number of hydrogen-bond donors (Lipinski definition) is 1. The van der Waals surface area contributed by atoms with Crippen LogP contribution in [-0.4, -0.2) is 28.9 Å². The molecule has 0 amide bonds. The summed E-state index contributed by atoms with van der Waals surface area (Å²) < 4.78 is 13.8. The lowest BCUT2D eigenvalue weighted by atomic mass is 10.1. The Morgan fingerprint density at radius 3 is 3.00 bits per heavy atom. The Morgan fingerprint density at radius 2 is 2.26 bits per heavy atom. The molecule has 5 nitrogen and oxygen atoms in total. The SMILES string of the molecule is CCOc1ccccc1-c1cc(=O)[nH]c(=S)n1CC1CCCO1. The molecule has 1 N–H and O–H groups in total. The number of rotatable bonds is 5. The molecule has 1 saturated heterocycles. The zero-order valence-corrected chi connectivity index (χ0v) is 13.9. The first-order chi connectivity index (χ1) is 11.2. The van der Waals surface area contributed by atoms with Gasteiger partial charge in [-0.25, -0.2) is 0 Å². The molecule has 23 heavy (non-hydrogen) atoms. The average Bonchev–Trinajstić information content (AvgIpc) is 3.04. The third kappa shape index (κ3) is 3.54. The molecule has 1 aromatic carbocycles. The Kier molecular flexibility index (Phi) is 4.93. The smallest absolute Gasteiger partial charge is 0.252 e. The van der Waals surface area contributed by atoms with Crippen molar-refractivity contribution in [2.75, 3.05) is 13.2 Å². The molecular formula is C17H20N2O3S. The van der Waals surface area contributed by atoms with Gasteiger partial charge in [-0.05, 0) is 44.1 Å². The standard InChI is InChI=1S/C17H20N2O3S/c1-2-21-15-8-4-3-7-13(15)14-10-16(20)18-17(23)19(14)11-12-6-5-9-22-12/h3-4,7-8,10,12H,2,5-6,9,11H2,1H3,(H,18,20,23). The lowest BCUT2D eigenvalue weighted by Crippen LogP contribution is -2.21. The van der Waals surface area contributed by atoms with Gasteiger partial charge >= 0.3 is 0 Å². The quantitative estimate of drug-likeness (QED) is 0.855. The highest BCUT2D eigenvalue weighted by atomic mass is 32.1. The van der Waals surface area contributed by atoms with Gasteiger partial charge in [-0.1, -0.05) is 12.1 Å². The van der Waals surface area contributed by atoms with E-state index in [0.717, 1.165) is 36.5 Å². The summed E-state index contributed by atoms with van der Waals surface area (Å²) in [4.78, 5) is 14.6. The second-order valence-electron chi connectivity index (χ2n) is 5.50. The highest BCUT2D eigenvalue weighted by molar-refractivity contribution is 7.71. The summed E-state index contributed by atoms with van der Waals surface area (Å²) in [7, 11) is 0. The number of para-hydroxylation sites is 1. The molecule has 122 valence electrons. The zero-order chi connectivity index (χ0) is 16.2. The fourth-order valence-corrected chi connectivity index (χ4v) is 3.15. The summed E-state index contributed by atoms with van der Waals surface area (Å²) in [5, 5.41) is 0. The van der Waals surface area contributed by atoms with E-state index in [1.54, 1.807) is 6.07 Å². The number of hydrogen-bond acceptors (Lipinski definition) is 4. The van der Waals surface area contributed by atoms with Crippen LogP contribution < -0.4 is 10.3 Å². The van der Waals surface area contributed by atoms with E-state index < -0.39 is 0 Å². The molecule has 0 saturated carbocycles. The lowest BCUT2D eigenvalue weighted by Gasteiger charge is -2.19. The average molecular weight is 332 g/mol. The molecule has 0 radical (unpaired) electrons. The largest absolute Gasteiger partial charge is 0.493 e. The van der Waals surface area contributed by atoms with Crippen molar-refractivity contribution in [1.82, 2.24) is 9.55 Å². The summed E-state index contributed by atoms with van der Waals surface area (Å²) in [6.07, 6.45) is 2.20. The molecule has 1 unspecified atom stereocenters. The van der Waals surface area contributed by atoms with Crippen LogP contribution in [0.3, 0.4) is 0 Å². The number of nitrogens with one attached hydrogen (secondary N) is 1. The molecule has 1 aromatic heterocycles. The van der Waals surface area contributed by atoms with E-state index in [1.807, 2.05) is 35.8 Å². The molecule has 3 rings (SSSR count). The lowest BCUT2D eigenvalue weighted by molar-refractivity contribution is 0.0966. The van der Waals surface area contributed by atoms with Crippen molar-refractivity contribution in [3.63, 3.8) is 0 Å². The summed E-state index contributed by atoms with van der Waals surface area (Å²) in [5.74, 6) is 0.746. The minimum absolute atomic E-state index is 0.130. The zero-order valence-electron chi connectivity index (χ0n) is 13.1. The van der Waals surface area contributed by atoms with Crippen LogP contribution in [0.1, 0.15) is 19.8 Å². The van der Waals surface area contributed by atoms with E-state index in [0.29, 0.717) is 17.9 Å². The van der Waals surface area contributed by atoms with E-state index in [-0.39, 0.29) is 11.7 Å². The predicted molar refractivity (Wildman–Crippen MR) is 91.5 cm³/mol. The Hall–Kier alpha value is -1.92. The second kappa shape index (κ2) is 7.10. The normalized spacial score (nSPS) is 17.3. The predicted octanol–water partition coefficient (Wildman–Crippen LogP) is 3.15. The van der Waals surface area contributed by atoms with Crippen molar-refractivity contribution < 1.29 is 9.47 Å². The van der Waals surface area contributed by atoms with Gasteiger partial charge in [-0.2, -0.15) is 0 Å². The maximum atomic E-state index is 11.9. The van der Waals surface area contributed by atoms with E-state index in [9.17, 15) is 4.79 Å². The number of aromatic nitrogens is 2. The molecule has 1 aliphatic heterocycles. The number of benzene rings is 1. The van der Waals surface area contributed by atoms with Gasteiger partial charge in [0.05, 0.1) is 24.9 Å². The van der Waals surface area contributed by atoms with Crippen LogP contribution in [0.25, 0.3) is 11.3 Å². The minimum Gasteiger partial charge on any atom is -0.493 e. The molecule has 1 aliphatic rings. The molecule has 0 aliphatic carbocycles. The number of ether oxygens (including phenoxy) is 2. The van der Waals surface area contributed by atoms with Crippen LogP contribution in [0.15, 0.2) is 35.1 Å². The minimum atomic E-state index is -0.208. The van der Waals surface area contributed by atoms with Crippen LogP contribution in [0, 0.1) is 4.77 Å². The van der Waals surface area contributed by atoms with Gasteiger partial charge in [0.2, 0.25) is 0 Å². The molecule has 2 aromatic rings. The molecule has 2 heterocycles. The maximum absolute atomic E-state index is 11.9. The van der Waals surface area contributed by atoms with E-state index in [1.165, 1.54) is 0 Å². The Labute approximate surface area is 139 Å². The van der Waals surface area contributed by atoms with Gasteiger partial charge in [0, 0.05) is 18.2 Å². The van der Waals surface area contributed by atoms with Gasteiger partial charge < -0.3 is 14.0 Å². The van der Waals surface area contributed by atoms with E-state index in [2.05, 4.69) is 4.98 Å². The fraction of sp³-hybridized carbons (Fsp3) is 0.412. The molecule has 1 atom stereocenters. The maximum Gasteiger partial charge on any atom is 0.252 e. The highest BCUT2D eigenvalue weighted by Crippen LogP contribution is 2.30. The molecule has 6 heteroatoms. The van der Waals surface area contributed by atoms with Gasteiger partial charge in [0.1, 0.15) is 5.75 Å². The summed E-state index contributed by atoms with van der Waals surface area (Å²) in [6, 6.07) is 9.27. The van der Waals surface area contributed by atoms with Crippen molar-refractivity contribution in [1.29, 1.82) is 0 Å². The first-order valence-electron chi connectivity index (χ1n) is 7.87. The highest BCUT2D eigenvalue weighted by Gasteiger charge is 2.19. The Balaban J connectivity index is 2.10. The first-order valence-corrected chi connectivity index (χ1v) is 8.28. The van der Waals surface area contributed by atoms with Crippen LogP contribution in [0.4, 0.5) is 0 Å². The van der Waals surface area contributed by atoms with Crippen molar-refractivity contribution in [2.45, 2.75) is 32.4 Å². The van der Waals surface area contributed by atoms with E-state index >= 15 is 0 Å². The van der Waals surface area contributed by atoms with Crippen molar-refractivity contribution in [3.8, 4) is 17.0 Å². The second-order valence-corrected chi connectivity index (χ2v) is 5.89. The monoisotopic (exact) mass is 332 g/mol. The van der Waals surface area contributed by atoms with Gasteiger partial charge in [0.15, 0.2) is 4.77 Å². The van der Waals surface area contributed by atoms with Crippen molar-refractivity contribution >= 4 is 12.2 Å². The van der Waals surface area contributed by atoms with E-state index in [4.69, 9.17) is 21.7 Å². The number of nitrogens with zero attached hydrogens (tertiary/aromatic N) is 1. The van der Waals surface area contributed by atoms with Gasteiger partial charge in [-0.15, -0.1) is 0 Å². The Bertz CT molecular complexity index is 791. The van der Waals surface area contributed by atoms with Crippen molar-refractivity contribution in [2.24, 2.45) is 0 Å². The van der Waals surface area contributed by atoms with Crippen LogP contribution >= 0.6 is 12.2 Å². The Morgan fingerprint density at radius 1 is 1.43 bits per heavy atom. The van der Waals surface area contributed by atoms with Crippen LogP contribution in [0.2, 0.25) is 0 Å². The topological polar surface area (TPSA) is 56.2 Å². The molecule has 0 bridgehead atoms. The molecule has 1 fully saturated rings. The van der Waals surface area contributed by atoms with Gasteiger partial charge in [-0.3, -0.25) is 9.78 Å².